The zero-order valence-electron chi connectivity index (χ0n) is 8.05. The van der Waals surface area contributed by atoms with Crippen LogP contribution in [-0.4, -0.2) is 17.9 Å². The molecule has 0 fully saturated rings. The van der Waals surface area contributed by atoms with Crippen molar-refractivity contribution in [2.75, 3.05) is 6.67 Å². The smallest absolute Gasteiger partial charge is 0.155 e. The standard InChI is InChI=1S/C11H12N2O/c1-10-3-5-11(6-4-10)14-13-8-2-7-12-9-13/h2-8H,9H2,1H3. The highest BCUT2D eigenvalue weighted by atomic mass is 16.7. The summed E-state index contributed by atoms with van der Waals surface area (Å²) < 4.78 is 0. The quantitative estimate of drug-likeness (QED) is 0.710. The maximum Gasteiger partial charge on any atom is 0.155 e. The Kier molecular flexibility index (Phi) is 2.49. The van der Waals surface area contributed by atoms with Crippen LogP contribution in [0.5, 0.6) is 5.75 Å². The molecule has 72 valence electrons. The average molecular weight is 188 g/mol. The lowest BCUT2D eigenvalue weighted by Gasteiger charge is -2.19. The summed E-state index contributed by atoms with van der Waals surface area (Å²) in [6, 6.07) is 7.93. The monoisotopic (exact) mass is 188 g/mol. The van der Waals surface area contributed by atoms with Gasteiger partial charge < -0.3 is 4.84 Å². The topological polar surface area (TPSA) is 24.8 Å². The molecule has 1 aliphatic heterocycles. The minimum atomic E-state index is 0.546. The van der Waals surface area contributed by atoms with Crippen LogP contribution in [0, 0.1) is 6.92 Å². The summed E-state index contributed by atoms with van der Waals surface area (Å²) in [5, 5.41) is 1.69. The molecular formula is C11H12N2O. The molecule has 0 unspecified atom stereocenters. The molecule has 2 rings (SSSR count). The lowest BCUT2D eigenvalue weighted by molar-refractivity contribution is -0.00505. The van der Waals surface area contributed by atoms with Crippen LogP contribution in [0.2, 0.25) is 0 Å². The molecular weight excluding hydrogens is 176 g/mol. The molecule has 0 aromatic heterocycles. The molecule has 3 nitrogen and oxygen atoms in total. The number of allylic oxidation sites excluding steroid dienone is 1. The Morgan fingerprint density at radius 1 is 1.29 bits per heavy atom. The van der Waals surface area contributed by atoms with E-state index in [0.717, 1.165) is 5.75 Å². The number of benzene rings is 1. The molecule has 0 spiro atoms. The van der Waals surface area contributed by atoms with Crippen molar-refractivity contribution in [3.63, 3.8) is 0 Å². The first-order chi connectivity index (χ1) is 6.84. The van der Waals surface area contributed by atoms with Gasteiger partial charge in [-0.1, -0.05) is 17.7 Å². The van der Waals surface area contributed by atoms with Crippen molar-refractivity contribution < 1.29 is 4.84 Å². The van der Waals surface area contributed by atoms with Crippen molar-refractivity contribution in [3.8, 4) is 5.75 Å². The van der Waals surface area contributed by atoms with Crippen LogP contribution in [-0.2, 0) is 0 Å². The molecule has 0 N–H and O–H groups in total. The third-order valence-corrected chi connectivity index (χ3v) is 1.91. The number of hydrogen-bond donors (Lipinski definition) is 0. The van der Waals surface area contributed by atoms with Gasteiger partial charge in [0.25, 0.3) is 0 Å². The van der Waals surface area contributed by atoms with Crippen LogP contribution >= 0.6 is 0 Å². The van der Waals surface area contributed by atoms with Crippen molar-refractivity contribution in [1.29, 1.82) is 0 Å². The molecule has 1 aromatic rings. The fraction of sp³-hybridized carbons (Fsp3) is 0.182. The number of aryl methyl sites for hydroxylation is 1. The molecule has 14 heavy (non-hydrogen) atoms. The maximum atomic E-state index is 5.54. The molecule has 1 heterocycles. The minimum absolute atomic E-state index is 0.546. The molecule has 0 atom stereocenters. The summed E-state index contributed by atoms with van der Waals surface area (Å²) in [6.45, 7) is 2.60. The second kappa shape index (κ2) is 3.96. The van der Waals surface area contributed by atoms with Crippen molar-refractivity contribution >= 4 is 6.21 Å². The Morgan fingerprint density at radius 3 is 2.71 bits per heavy atom. The molecule has 0 radical (unpaired) electrons. The SMILES string of the molecule is Cc1ccc(ON2C=CC=NC2)cc1. The van der Waals surface area contributed by atoms with E-state index in [0.29, 0.717) is 6.67 Å². The summed E-state index contributed by atoms with van der Waals surface area (Å²) in [6.07, 6.45) is 5.46. The van der Waals surface area contributed by atoms with Gasteiger partial charge in [0.15, 0.2) is 5.75 Å². The predicted molar refractivity (Wildman–Crippen MR) is 56.1 cm³/mol. The second-order valence-corrected chi connectivity index (χ2v) is 3.14. The predicted octanol–water partition coefficient (Wildman–Crippen LogP) is 2.15. The van der Waals surface area contributed by atoms with E-state index in [1.807, 2.05) is 36.5 Å². The van der Waals surface area contributed by atoms with Crippen LogP contribution in [0.4, 0.5) is 0 Å². The lowest BCUT2D eigenvalue weighted by Crippen LogP contribution is -2.23. The van der Waals surface area contributed by atoms with Gasteiger partial charge in [-0.3, -0.25) is 4.99 Å². The van der Waals surface area contributed by atoms with Crippen molar-refractivity contribution in [2.24, 2.45) is 4.99 Å². The Labute approximate surface area is 83.3 Å². The molecule has 0 amide bonds. The third-order valence-electron chi connectivity index (χ3n) is 1.91. The van der Waals surface area contributed by atoms with E-state index in [9.17, 15) is 0 Å². The summed E-state index contributed by atoms with van der Waals surface area (Å²) in [5.74, 6) is 0.831. The normalized spacial score (nSPS) is 14.5. The lowest BCUT2D eigenvalue weighted by atomic mass is 10.2. The van der Waals surface area contributed by atoms with Crippen LogP contribution in [0.1, 0.15) is 5.56 Å². The summed E-state index contributed by atoms with van der Waals surface area (Å²) in [7, 11) is 0. The fourth-order valence-corrected chi connectivity index (χ4v) is 1.16. The van der Waals surface area contributed by atoms with Crippen molar-refractivity contribution in [1.82, 2.24) is 5.06 Å². The number of aliphatic imine (C=N–C) groups is 1. The zero-order valence-corrected chi connectivity index (χ0v) is 8.05. The van der Waals surface area contributed by atoms with Gasteiger partial charge in [-0.2, -0.15) is 5.06 Å². The first-order valence-corrected chi connectivity index (χ1v) is 4.52. The number of hydrogen-bond acceptors (Lipinski definition) is 3. The van der Waals surface area contributed by atoms with Gasteiger partial charge in [0.2, 0.25) is 0 Å². The van der Waals surface area contributed by atoms with Crippen molar-refractivity contribution in [2.45, 2.75) is 6.92 Å². The van der Waals surface area contributed by atoms with Crippen LogP contribution in [0.3, 0.4) is 0 Å². The van der Waals surface area contributed by atoms with Gasteiger partial charge >= 0.3 is 0 Å². The van der Waals surface area contributed by atoms with E-state index in [1.165, 1.54) is 5.56 Å². The van der Waals surface area contributed by atoms with Crippen molar-refractivity contribution in [3.05, 3.63) is 42.1 Å². The minimum Gasteiger partial charge on any atom is -0.378 e. The van der Waals surface area contributed by atoms with E-state index < -0.39 is 0 Å². The number of hydroxylamine groups is 2. The first kappa shape index (κ1) is 8.81. The molecule has 1 aromatic carbocycles. The van der Waals surface area contributed by atoms with Crippen LogP contribution < -0.4 is 4.84 Å². The summed E-state index contributed by atoms with van der Waals surface area (Å²) in [4.78, 5) is 9.60. The Balaban J connectivity index is 2.00. The Hall–Kier alpha value is -1.77. The molecule has 0 saturated carbocycles. The highest BCUT2D eigenvalue weighted by Gasteiger charge is 2.01. The zero-order chi connectivity index (χ0) is 9.80. The highest BCUT2D eigenvalue weighted by Crippen LogP contribution is 2.13. The summed E-state index contributed by atoms with van der Waals surface area (Å²) in [5.41, 5.74) is 1.23. The molecule has 1 aliphatic rings. The van der Waals surface area contributed by atoms with Gasteiger partial charge in [-0.15, -0.1) is 0 Å². The number of rotatable bonds is 2. The van der Waals surface area contributed by atoms with E-state index in [4.69, 9.17) is 4.84 Å². The van der Waals surface area contributed by atoms with Gasteiger partial charge in [0.05, 0.1) is 0 Å². The number of nitrogens with zero attached hydrogens (tertiary/aromatic N) is 2. The average Bonchev–Trinajstić information content (AvgIpc) is 2.23. The van der Waals surface area contributed by atoms with Gasteiger partial charge in [-0.05, 0) is 25.1 Å². The molecule has 0 aliphatic carbocycles. The molecule has 3 heteroatoms. The van der Waals surface area contributed by atoms with Gasteiger partial charge in [0, 0.05) is 12.4 Å². The highest BCUT2D eigenvalue weighted by molar-refractivity contribution is 5.71. The van der Waals surface area contributed by atoms with Gasteiger partial charge in [0.1, 0.15) is 6.67 Å². The molecule has 0 bridgehead atoms. The van der Waals surface area contributed by atoms with E-state index in [1.54, 1.807) is 11.3 Å². The largest absolute Gasteiger partial charge is 0.378 e. The van der Waals surface area contributed by atoms with E-state index >= 15 is 0 Å². The van der Waals surface area contributed by atoms with Crippen LogP contribution in [0.25, 0.3) is 0 Å². The Bertz CT molecular complexity index is 354. The summed E-state index contributed by atoms with van der Waals surface area (Å²) >= 11 is 0. The van der Waals surface area contributed by atoms with Gasteiger partial charge in [-0.25, -0.2) is 0 Å². The van der Waals surface area contributed by atoms with E-state index in [2.05, 4.69) is 11.9 Å². The van der Waals surface area contributed by atoms with Crippen LogP contribution in [0.15, 0.2) is 41.5 Å². The second-order valence-electron chi connectivity index (χ2n) is 3.14. The Morgan fingerprint density at radius 2 is 2.07 bits per heavy atom. The van der Waals surface area contributed by atoms with E-state index in [-0.39, 0.29) is 0 Å². The third kappa shape index (κ3) is 2.13. The first-order valence-electron chi connectivity index (χ1n) is 4.52. The fourth-order valence-electron chi connectivity index (χ4n) is 1.16. The molecule has 0 saturated heterocycles. The maximum absolute atomic E-state index is 5.54.